The van der Waals surface area contributed by atoms with E-state index in [1.54, 1.807) is 24.0 Å². The summed E-state index contributed by atoms with van der Waals surface area (Å²) in [6, 6.07) is 0. The first kappa shape index (κ1) is 7.65. The minimum Gasteiger partial charge on any atom is -0.366 e. The number of thiazole rings is 1. The summed E-state index contributed by atoms with van der Waals surface area (Å²) >= 11 is 1.57. The molecule has 3 nitrogen and oxygen atoms in total. The number of ether oxygens (including phenoxy) is 1. The fraction of sp³-hybridized carbons (Fsp3) is 0.500. The van der Waals surface area contributed by atoms with Crippen molar-refractivity contribution < 1.29 is 4.74 Å². The van der Waals surface area contributed by atoms with E-state index in [1.807, 2.05) is 5.38 Å². The van der Waals surface area contributed by atoms with Gasteiger partial charge in [-0.2, -0.15) is 0 Å². The highest BCUT2D eigenvalue weighted by molar-refractivity contribution is 7.07. The molecule has 2 N–H and O–H groups in total. The first-order valence-corrected chi connectivity index (χ1v) is 3.92. The molecule has 0 saturated carbocycles. The molecule has 0 amide bonds. The van der Waals surface area contributed by atoms with Crippen molar-refractivity contribution in [2.24, 2.45) is 5.73 Å². The maximum Gasteiger partial charge on any atom is 0.110 e. The van der Waals surface area contributed by atoms with Crippen molar-refractivity contribution in [1.29, 1.82) is 0 Å². The molecule has 0 aromatic carbocycles. The van der Waals surface area contributed by atoms with E-state index in [0.717, 1.165) is 5.69 Å². The third-order valence-electron chi connectivity index (χ3n) is 1.20. The lowest BCUT2D eigenvalue weighted by Gasteiger charge is -2.05. The van der Waals surface area contributed by atoms with Crippen LogP contribution in [0.25, 0.3) is 0 Å². The molecule has 1 rings (SSSR count). The van der Waals surface area contributed by atoms with Gasteiger partial charge < -0.3 is 10.5 Å². The van der Waals surface area contributed by atoms with Crippen LogP contribution in [0.1, 0.15) is 5.69 Å². The summed E-state index contributed by atoms with van der Waals surface area (Å²) in [7, 11) is 1.59. The van der Waals surface area contributed by atoms with Gasteiger partial charge in [0.15, 0.2) is 0 Å². The van der Waals surface area contributed by atoms with Gasteiger partial charge in [0.2, 0.25) is 0 Å². The zero-order valence-corrected chi connectivity index (χ0v) is 6.60. The molecule has 0 saturated heterocycles. The Hall–Kier alpha value is -0.450. The van der Waals surface area contributed by atoms with Crippen LogP contribution in [0.2, 0.25) is 0 Å². The number of nitrogens with two attached hydrogens (primary N) is 1. The van der Waals surface area contributed by atoms with Gasteiger partial charge in [0.05, 0.1) is 11.2 Å². The highest BCUT2D eigenvalue weighted by Gasteiger charge is 2.01. The van der Waals surface area contributed by atoms with Crippen LogP contribution in [0.5, 0.6) is 0 Å². The molecule has 0 spiro atoms. The summed E-state index contributed by atoms with van der Waals surface area (Å²) in [5.41, 5.74) is 8.30. The maximum absolute atomic E-state index is 5.51. The number of rotatable bonds is 3. The lowest BCUT2D eigenvalue weighted by atomic mass is 10.3. The molecule has 1 aromatic heterocycles. The predicted molar refractivity (Wildman–Crippen MR) is 40.8 cm³/mol. The van der Waals surface area contributed by atoms with Crippen molar-refractivity contribution in [2.45, 2.75) is 12.6 Å². The van der Waals surface area contributed by atoms with Crippen LogP contribution in [0, 0.1) is 0 Å². The Kier molecular flexibility index (Phi) is 2.80. The minimum absolute atomic E-state index is 0.220. The Morgan fingerprint density at radius 3 is 3.20 bits per heavy atom. The minimum atomic E-state index is -0.220. The summed E-state index contributed by atoms with van der Waals surface area (Å²) in [5.74, 6) is 0. The summed E-state index contributed by atoms with van der Waals surface area (Å²) in [6.07, 6.45) is 0.474. The van der Waals surface area contributed by atoms with Crippen LogP contribution in [0.4, 0.5) is 0 Å². The van der Waals surface area contributed by atoms with E-state index < -0.39 is 0 Å². The quantitative estimate of drug-likeness (QED) is 0.656. The number of hydrogen-bond donors (Lipinski definition) is 1. The normalized spacial score (nSPS) is 13.4. The summed E-state index contributed by atoms with van der Waals surface area (Å²) in [6.45, 7) is 0. The van der Waals surface area contributed by atoms with Gasteiger partial charge in [-0.3, -0.25) is 0 Å². The van der Waals surface area contributed by atoms with Crippen LogP contribution in [0.3, 0.4) is 0 Å². The fourth-order valence-corrected chi connectivity index (χ4v) is 1.20. The molecule has 0 aliphatic heterocycles. The molecule has 0 aliphatic rings. The number of nitrogens with zero attached hydrogens (tertiary/aromatic N) is 1. The number of hydrogen-bond acceptors (Lipinski definition) is 4. The van der Waals surface area contributed by atoms with Crippen LogP contribution >= 0.6 is 11.3 Å². The summed E-state index contributed by atoms with van der Waals surface area (Å²) in [4.78, 5) is 4.06. The van der Waals surface area contributed by atoms with Gasteiger partial charge in [0.25, 0.3) is 0 Å². The Bertz CT molecular complexity index is 176. The number of aromatic nitrogens is 1. The van der Waals surface area contributed by atoms with E-state index >= 15 is 0 Å². The number of methoxy groups -OCH3 is 1. The molecule has 56 valence electrons. The Labute approximate surface area is 63.8 Å². The highest BCUT2D eigenvalue weighted by atomic mass is 32.1. The van der Waals surface area contributed by atoms with Gasteiger partial charge >= 0.3 is 0 Å². The first-order chi connectivity index (χ1) is 4.83. The van der Waals surface area contributed by atoms with Crippen LogP contribution < -0.4 is 5.73 Å². The SMILES string of the molecule is COC(N)Cc1cscn1. The van der Waals surface area contributed by atoms with Crippen molar-refractivity contribution in [3.05, 3.63) is 16.6 Å². The monoisotopic (exact) mass is 158 g/mol. The lowest BCUT2D eigenvalue weighted by molar-refractivity contribution is 0.108. The molecule has 1 atom stereocenters. The Morgan fingerprint density at radius 2 is 2.70 bits per heavy atom. The van der Waals surface area contributed by atoms with E-state index in [9.17, 15) is 0 Å². The second kappa shape index (κ2) is 3.65. The van der Waals surface area contributed by atoms with Crippen LogP contribution in [-0.2, 0) is 11.2 Å². The Balaban J connectivity index is 2.40. The maximum atomic E-state index is 5.51. The first-order valence-electron chi connectivity index (χ1n) is 2.98. The molecular weight excluding hydrogens is 148 g/mol. The van der Waals surface area contributed by atoms with Gasteiger partial charge in [-0.15, -0.1) is 11.3 Å². The largest absolute Gasteiger partial charge is 0.366 e. The van der Waals surface area contributed by atoms with E-state index in [4.69, 9.17) is 10.5 Å². The topological polar surface area (TPSA) is 48.1 Å². The summed E-state index contributed by atoms with van der Waals surface area (Å²) in [5, 5.41) is 1.97. The lowest BCUT2D eigenvalue weighted by Crippen LogP contribution is -2.24. The van der Waals surface area contributed by atoms with Gasteiger partial charge in [-0.25, -0.2) is 4.98 Å². The predicted octanol–water partition coefficient (Wildman–Crippen LogP) is 0.617. The zero-order valence-electron chi connectivity index (χ0n) is 5.78. The highest BCUT2D eigenvalue weighted by Crippen LogP contribution is 2.02. The van der Waals surface area contributed by atoms with E-state index in [2.05, 4.69) is 4.98 Å². The average molecular weight is 158 g/mol. The molecule has 0 aliphatic carbocycles. The van der Waals surface area contributed by atoms with E-state index in [-0.39, 0.29) is 6.23 Å². The molecule has 1 unspecified atom stereocenters. The molecule has 0 fully saturated rings. The molecule has 0 bridgehead atoms. The Morgan fingerprint density at radius 1 is 1.90 bits per heavy atom. The third-order valence-corrected chi connectivity index (χ3v) is 1.83. The van der Waals surface area contributed by atoms with Gasteiger partial charge in [-0.1, -0.05) is 0 Å². The zero-order chi connectivity index (χ0) is 7.40. The smallest absolute Gasteiger partial charge is 0.110 e. The standard InChI is InChI=1S/C6H10N2OS/c1-9-6(7)2-5-3-10-4-8-5/h3-4,6H,2,7H2,1H3. The molecule has 4 heteroatoms. The van der Waals surface area contributed by atoms with Crippen LogP contribution in [-0.4, -0.2) is 18.3 Å². The van der Waals surface area contributed by atoms with Gasteiger partial charge in [0, 0.05) is 18.9 Å². The van der Waals surface area contributed by atoms with Gasteiger partial charge in [0.1, 0.15) is 6.23 Å². The van der Waals surface area contributed by atoms with E-state index in [0.29, 0.717) is 6.42 Å². The van der Waals surface area contributed by atoms with Gasteiger partial charge in [-0.05, 0) is 0 Å². The van der Waals surface area contributed by atoms with E-state index in [1.165, 1.54) is 0 Å². The molecule has 1 heterocycles. The second-order valence-corrected chi connectivity index (χ2v) is 2.68. The van der Waals surface area contributed by atoms with Crippen molar-refractivity contribution in [1.82, 2.24) is 4.98 Å². The van der Waals surface area contributed by atoms with Crippen molar-refractivity contribution >= 4 is 11.3 Å². The van der Waals surface area contributed by atoms with Crippen molar-refractivity contribution in [2.75, 3.05) is 7.11 Å². The van der Waals surface area contributed by atoms with Crippen molar-refractivity contribution in [3.63, 3.8) is 0 Å². The van der Waals surface area contributed by atoms with Crippen LogP contribution in [0.15, 0.2) is 10.9 Å². The molecular formula is C6H10N2OS. The molecule has 1 aromatic rings. The summed E-state index contributed by atoms with van der Waals surface area (Å²) < 4.78 is 4.87. The second-order valence-electron chi connectivity index (χ2n) is 1.96. The van der Waals surface area contributed by atoms with Crippen molar-refractivity contribution in [3.8, 4) is 0 Å². The molecule has 0 radical (unpaired) electrons. The fourth-order valence-electron chi connectivity index (χ4n) is 0.628. The molecule has 10 heavy (non-hydrogen) atoms. The average Bonchev–Trinajstić information content (AvgIpc) is 2.40. The third kappa shape index (κ3) is 2.06.